The second-order valence-corrected chi connectivity index (χ2v) is 5.77. The molecule has 1 aliphatic rings. The lowest BCUT2D eigenvalue weighted by Crippen LogP contribution is -2.46. The lowest BCUT2D eigenvalue weighted by molar-refractivity contribution is 0.0447. The Hall–Kier alpha value is -0.320. The quantitative estimate of drug-likeness (QED) is 0.867. The lowest BCUT2D eigenvalue weighted by Gasteiger charge is -2.37. The van der Waals surface area contributed by atoms with Gasteiger partial charge in [0.25, 0.3) is 0 Å². The van der Waals surface area contributed by atoms with Gasteiger partial charge in [-0.3, -0.25) is 0 Å². The molecule has 1 aliphatic heterocycles. The monoisotopic (exact) mass is 304 g/mol. The van der Waals surface area contributed by atoms with Gasteiger partial charge in [-0.25, -0.2) is 4.98 Å². The van der Waals surface area contributed by atoms with Crippen molar-refractivity contribution in [2.24, 2.45) is 0 Å². The van der Waals surface area contributed by atoms with Crippen molar-refractivity contribution < 1.29 is 5.11 Å². The SMILES string of the molecule is CC1(O)CCCN(c2ncc(Cl)cc2Br)C1. The largest absolute Gasteiger partial charge is 0.388 e. The van der Waals surface area contributed by atoms with E-state index in [-0.39, 0.29) is 0 Å². The molecule has 16 heavy (non-hydrogen) atoms. The summed E-state index contributed by atoms with van der Waals surface area (Å²) in [7, 11) is 0. The number of halogens is 2. The molecule has 3 nitrogen and oxygen atoms in total. The molecule has 0 spiro atoms. The van der Waals surface area contributed by atoms with Crippen molar-refractivity contribution >= 4 is 33.3 Å². The number of rotatable bonds is 1. The van der Waals surface area contributed by atoms with Crippen molar-refractivity contribution in [3.8, 4) is 0 Å². The molecule has 1 N–H and O–H groups in total. The van der Waals surface area contributed by atoms with Crippen LogP contribution >= 0.6 is 27.5 Å². The molecule has 1 fully saturated rings. The Morgan fingerprint density at radius 3 is 3.00 bits per heavy atom. The van der Waals surface area contributed by atoms with Gasteiger partial charge in [-0.2, -0.15) is 0 Å². The third-order valence-electron chi connectivity index (χ3n) is 2.76. The predicted molar refractivity (Wildman–Crippen MR) is 69.0 cm³/mol. The van der Waals surface area contributed by atoms with E-state index in [0.29, 0.717) is 11.6 Å². The first kappa shape index (κ1) is 12.1. The first-order chi connectivity index (χ1) is 7.48. The second kappa shape index (κ2) is 4.51. The Balaban J connectivity index is 2.23. The topological polar surface area (TPSA) is 36.4 Å². The van der Waals surface area contributed by atoms with Crippen molar-refractivity contribution in [1.29, 1.82) is 0 Å². The summed E-state index contributed by atoms with van der Waals surface area (Å²) in [5.74, 6) is 0.851. The van der Waals surface area contributed by atoms with Gasteiger partial charge in [-0.1, -0.05) is 11.6 Å². The van der Waals surface area contributed by atoms with Crippen molar-refractivity contribution in [2.75, 3.05) is 18.0 Å². The number of aromatic nitrogens is 1. The van der Waals surface area contributed by atoms with Crippen LogP contribution in [0, 0.1) is 0 Å². The van der Waals surface area contributed by atoms with Gasteiger partial charge in [0.15, 0.2) is 0 Å². The number of piperidine rings is 1. The zero-order valence-corrected chi connectivity index (χ0v) is 11.4. The van der Waals surface area contributed by atoms with Crippen LogP contribution in [0.1, 0.15) is 19.8 Å². The number of hydrogen-bond acceptors (Lipinski definition) is 3. The van der Waals surface area contributed by atoms with Gasteiger partial charge in [-0.15, -0.1) is 0 Å². The number of anilines is 1. The van der Waals surface area contributed by atoms with Crippen LogP contribution in [0.15, 0.2) is 16.7 Å². The molecule has 1 aromatic rings. The molecule has 2 heterocycles. The highest BCUT2D eigenvalue weighted by Crippen LogP contribution is 2.30. The van der Waals surface area contributed by atoms with Crippen LogP contribution in [0.2, 0.25) is 5.02 Å². The van der Waals surface area contributed by atoms with Crippen LogP contribution in [-0.2, 0) is 0 Å². The number of pyridine rings is 1. The zero-order chi connectivity index (χ0) is 11.8. The van der Waals surface area contributed by atoms with E-state index in [1.165, 1.54) is 0 Å². The third-order valence-corrected chi connectivity index (χ3v) is 3.55. The highest BCUT2D eigenvalue weighted by molar-refractivity contribution is 9.10. The van der Waals surface area contributed by atoms with Crippen LogP contribution in [0.25, 0.3) is 0 Å². The average Bonchev–Trinajstić information content (AvgIpc) is 2.15. The number of nitrogens with zero attached hydrogens (tertiary/aromatic N) is 2. The number of hydrogen-bond donors (Lipinski definition) is 1. The first-order valence-corrected chi connectivity index (χ1v) is 6.43. The van der Waals surface area contributed by atoms with Gasteiger partial charge in [-0.05, 0) is 41.8 Å². The molecular weight excluding hydrogens is 291 g/mol. The molecule has 0 aliphatic carbocycles. The van der Waals surface area contributed by atoms with Crippen LogP contribution in [0.4, 0.5) is 5.82 Å². The molecule has 1 unspecified atom stereocenters. The van der Waals surface area contributed by atoms with Crippen LogP contribution in [-0.4, -0.2) is 28.8 Å². The van der Waals surface area contributed by atoms with Gasteiger partial charge in [0.05, 0.1) is 15.1 Å². The van der Waals surface area contributed by atoms with Crippen molar-refractivity contribution in [2.45, 2.75) is 25.4 Å². The van der Waals surface area contributed by atoms with Crippen molar-refractivity contribution in [3.05, 3.63) is 21.8 Å². The van der Waals surface area contributed by atoms with Crippen LogP contribution < -0.4 is 4.90 Å². The predicted octanol–water partition coefficient (Wildman–Crippen LogP) is 2.85. The van der Waals surface area contributed by atoms with E-state index >= 15 is 0 Å². The third kappa shape index (κ3) is 2.67. The molecule has 1 saturated heterocycles. The number of β-amino-alcohol motifs (C(OH)–C–C–N with tert-alkyl or cyclic N) is 1. The fraction of sp³-hybridized carbons (Fsp3) is 0.545. The van der Waals surface area contributed by atoms with E-state index in [2.05, 4.69) is 25.8 Å². The molecule has 0 saturated carbocycles. The van der Waals surface area contributed by atoms with E-state index in [0.717, 1.165) is 29.7 Å². The molecule has 1 atom stereocenters. The summed E-state index contributed by atoms with van der Waals surface area (Å²) in [5.41, 5.74) is -0.626. The smallest absolute Gasteiger partial charge is 0.143 e. The van der Waals surface area contributed by atoms with Gasteiger partial charge >= 0.3 is 0 Å². The van der Waals surface area contributed by atoms with Crippen LogP contribution in [0.5, 0.6) is 0 Å². The van der Waals surface area contributed by atoms with E-state index in [1.807, 2.05) is 13.0 Å². The van der Waals surface area contributed by atoms with Crippen molar-refractivity contribution in [1.82, 2.24) is 4.98 Å². The summed E-state index contributed by atoms with van der Waals surface area (Å²) in [6.45, 7) is 3.40. The second-order valence-electron chi connectivity index (χ2n) is 4.48. The molecule has 5 heteroatoms. The maximum absolute atomic E-state index is 10.0. The molecule has 2 rings (SSSR count). The maximum Gasteiger partial charge on any atom is 0.143 e. The minimum Gasteiger partial charge on any atom is -0.388 e. The minimum absolute atomic E-state index is 0.611. The van der Waals surface area contributed by atoms with E-state index in [9.17, 15) is 5.11 Å². The molecule has 0 bridgehead atoms. The molecule has 0 radical (unpaired) electrons. The van der Waals surface area contributed by atoms with E-state index < -0.39 is 5.60 Å². The van der Waals surface area contributed by atoms with E-state index in [4.69, 9.17) is 11.6 Å². The van der Waals surface area contributed by atoms with Gasteiger partial charge < -0.3 is 10.0 Å². The molecule has 1 aromatic heterocycles. The fourth-order valence-electron chi connectivity index (χ4n) is 2.04. The lowest BCUT2D eigenvalue weighted by atomic mass is 9.95. The molecule has 0 aromatic carbocycles. The summed E-state index contributed by atoms with van der Waals surface area (Å²) < 4.78 is 0.873. The van der Waals surface area contributed by atoms with Gasteiger partial charge in [0.2, 0.25) is 0 Å². The van der Waals surface area contributed by atoms with Crippen LogP contribution in [0.3, 0.4) is 0 Å². The Kier molecular flexibility index (Phi) is 3.42. The normalized spacial score (nSPS) is 25.9. The highest BCUT2D eigenvalue weighted by atomic mass is 79.9. The number of aliphatic hydroxyl groups is 1. The summed E-state index contributed by atoms with van der Waals surface area (Å²) in [6.07, 6.45) is 3.45. The molecular formula is C11H14BrClN2O. The van der Waals surface area contributed by atoms with Gasteiger partial charge in [0.1, 0.15) is 5.82 Å². The summed E-state index contributed by atoms with van der Waals surface area (Å²) in [5, 5.41) is 10.7. The maximum atomic E-state index is 10.0. The zero-order valence-electron chi connectivity index (χ0n) is 9.08. The average molecular weight is 306 g/mol. The van der Waals surface area contributed by atoms with Crippen molar-refractivity contribution in [3.63, 3.8) is 0 Å². The highest BCUT2D eigenvalue weighted by Gasteiger charge is 2.29. The Bertz CT molecular complexity index is 398. The fourth-order valence-corrected chi connectivity index (χ4v) is 2.93. The minimum atomic E-state index is -0.626. The van der Waals surface area contributed by atoms with Gasteiger partial charge in [0, 0.05) is 19.3 Å². The Labute approximate surface area is 109 Å². The molecule has 0 amide bonds. The van der Waals surface area contributed by atoms with E-state index in [1.54, 1.807) is 6.20 Å². The summed E-state index contributed by atoms with van der Waals surface area (Å²) in [6, 6.07) is 1.83. The molecule has 88 valence electrons. The summed E-state index contributed by atoms with van der Waals surface area (Å²) in [4.78, 5) is 6.39. The first-order valence-electron chi connectivity index (χ1n) is 5.26. The standard InChI is InChI=1S/C11H14BrClN2O/c1-11(16)3-2-4-15(7-11)10-9(12)5-8(13)6-14-10/h5-6,16H,2-4,7H2,1H3. The summed E-state index contributed by atoms with van der Waals surface area (Å²) >= 11 is 9.30. The Morgan fingerprint density at radius 1 is 1.62 bits per heavy atom. The Morgan fingerprint density at radius 2 is 2.38 bits per heavy atom.